The Balaban J connectivity index is 4.91. The van der Waals surface area contributed by atoms with E-state index in [4.69, 9.17) is 9.05 Å². The molecule has 4 nitrogen and oxygen atoms in total. The molecule has 0 aliphatic carbocycles. The van der Waals surface area contributed by atoms with Gasteiger partial charge >= 0.3 is 7.60 Å². The van der Waals surface area contributed by atoms with Crippen molar-refractivity contribution in [2.45, 2.75) is 33.5 Å². The fourth-order valence-electron chi connectivity index (χ4n) is 1.79. The third-order valence-electron chi connectivity index (χ3n) is 2.07. The third-order valence-corrected chi connectivity index (χ3v) is 5.01. The van der Waals surface area contributed by atoms with E-state index in [0.29, 0.717) is 13.2 Å². The highest BCUT2D eigenvalue weighted by atomic mass is 31.2. The zero-order chi connectivity index (χ0) is 12.1. The Morgan fingerprint density at radius 3 is 1.73 bits per heavy atom. The van der Waals surface area contributed by atoms with Gasteiger partial charge in [-0.2, -0.15) is 0 Å². The molecule has 5 heteroatoms. The van der Waals surface area contributed by atoms with Crippen molar-refractivity contribution in [1.29, 1.82) is 0 Å². The van der Waals surface area contributed by atoms with Crippen molar-refractivity contribution in [3.8, 4) is 0 Å². The fraction of sp³-hybridized carbons (Fsp3) is 1.00. The van der Waals surface area contributed by atoms with Crippen LogP contribution >= 0.6 is 7.60 Å². The fourth-order valence-corrected chi connectivity index (χ4v) is 4.19. The molecule has 1 atom stereocenters. The number of hydrogen-bond donors (Lipinski definition) is 0. The van der Waals surface area contributed by atoms with Crippen LogP contribution in [0.15, 0.2) is 0 Å². The van der Waals surface area contributed by atoms with Gasteiger partial charge in [-0.15, -0.1) is 0 Å². The summed E-state index contributed by atoms with van der Waals surface area (Å²) in [4.78, 5) is 1.91. The van der Waals surface area contributed by atoms with Crippen LogP contribution in [0, 0.1) is 5.92 Å². The van der Waals surface area contributed by atoms with E-state index in [1.54, 1.807) is 0 Å². The molecule has 0 saturated carbocycles. The van der Waals surface area contributed by atoms with Crippen LogP contribution in [0.4, 0.5) is 0 Å². The lowest BCUT2D eigenvalue weighted by molar-refractivity contribution is 0.171. The molecule has 1 unspecified atom stereocenters. The molecule has 0 aliphatic heterocycles. The molecule has 0 aromatic carbocycles. The molecule has 92 valence electrons. The summed E-state index contributed by atoms with van der Waals surface area (Å²) in [6, 6.07) is 0. The van der Waals surface area contributed by atoms with E-state index < -0.39 is 7.60 Å². The summed E-state index contributed by atoms with van der Waals surface area (Å²) >= 11 is 0. The molecule has 0 aromatic rings. The average molecular weight is 237 g/mol. The lowest BCUT2D eigenvalue weighted by atomic mass is 10.2. The molecular weight excluding hydrogens is 213 g/mol. The van der Waals surface area contributed by atoms with Crippen molar-refractivity contribution in [3.05, 3.63) is 0 Å². The van der Waals surface area contributed by atoms with Gasteiger partial charge in [-0.3, -0.25) is 9.46 Å². The first-order chi connectivity index (χ1) is 6.89. The van der Waals surface area contributed by atoms with E-state index in [9.17, 15) is 4.57 Å². The molecule has 0 saturated heterocycles. The normalized spacial score (nSPS) is 14.9. The highest BCUT2D eigenvalue weighted by molar-refractivity contribution is 7.54. The van der Waals surface area contributed by atoms with E-state index in [-0.39, 0.29) is 11.7 Å². The Kier molecular flexibility index (Phi) is 6.69. The average Bonchev–Trinajstić information content (AvgIpc) is 2.02. The van der Waals surface area contributed by atoms with Crippen molar-refractivity contribution in [2.24, 2.45) is 5.92 Å². The minimum atomic E-state index is -3.02. The number of hydrogen-bond acceptors (Lipinski definition) is 4. The van der Waals surface area contributed by atoms with Gasteiger partial charge in [-0.05, 0) is 33.9 Å². The summed E-state index contributed by atoms with van der Waals surface area (Å²) in [7, 11) is 0.781. The van der Waals surface area contributed by atoms with Crippen molar-refractivity contribution >= 4 is 7.60 Å². The van der Waals surface area contributed by atoms with Crippen molar-refractivity contribution in [3.63, 3.8) is 0 Å². The van der Waals surface area contributed by atoms with Crippen LogP contribution in [0.3, 0.4) is 0 Å². The lowest BCUT2D eigenvalue weighted by Crippen LogP contribution is -2.34. The summed E-state index contributed by atoms with van der Waals surface area (Å²) in [5, 5.41) is 0. The van der Waals surface area contributed by atoms with Crippen LogP contribution in [0.5, 0.6) is 0 Å². The highest BCUT2D eigenvalue weighted by Crippen LogP contribution is 2.55. The van der Waals surface area contributed by atoms with Crippen LogP contribution in [-0.4, -0.2) is 38.0 Å². The van der Waals surface area contributed by atoms with Crippen LogP contribution in [0.1, 0.15) is 27.7 Å². The maximum absolute atomic E-state index is 12.5. The third kappa shape index (κ3) is 4.23. The molecule has 0 rings (SSSR count). The van der Waals surface area contributed by atoms with Gasteiger partial charge < -0.3 is 9.05 Å². The zero-order valence-corrected chi connectivity index (χ0v) is 11.6. The topological polar surface area (TPSA) is 38.8 Å². The largest absolute Gasteiger partial charge is 0.347 e. The molecule has 0 spiro atoms. The van der Waals surface area contributed by atoms with Crippen molar-refractivity contribution < 1.29 is 13.6 Å². The smallest absolute Gasteiger partial charge is 0.308 e. The summed E-state index contributed by atoms with van der Waals surface area (Å²) in [6.07, 6.45) is 0. The molecule has 0 bridgehead atoms. The molecule has 15 heavy (non-hydrogen) atoms. The molecular formula is C10H24NO3P. The molecule has 0 heterocycles. The molecule has 0 aromatic heterocycles. The first-order valence-corrected chi connectivity index (χ1v) is 7.05. The van der Waals surface area contributed by atoms with Crippen molar-refractivity contribution in [2.75, 3.05) is 27.3 Å². The van der Waals surface area contributed by atoms with Gasteiger partial charge in [-0.1, -0.05) is 13.8 Å². The highest BCUT2D eigenvalue weighted by Gasteiger charge is 2.39. The predicted molar refractivity (Wildman–Crippen MR) is 63.2 cm³/mol. The Bertz CT molecular complexity index is 201. The minimum absolute atomic E-state index is 0.183. The van der Waals surface area contributed by atoms with E-state index in [2.05, 4.69) is 0 Å². The Labute approximate surface area is 93.5 Å². The summed E-state index contributed by atoms with van der Waals surface area (Å²) in [5.74, 6) is 0.0429. The lowest BCUT2D eigenvalue weighted by Gasteiger charge is -2.33. The van der Waals surface area contributed by atoms with Crippen LogP contribution in [-0.2, 0) is 13.6 Å². The Hall–Kier alpha value is 0.110. The van der Waals surface area contributed by atoms with Crippen LogP contribution in [0.25, 0.3) is 0 Å². The van der Waals surface area contributed by atoms with Gasteiger partial charge in [0.25, 0.3) is 0 Å². The first kappa shape index (κ1) is 15.1. The first-order valence-electron chi connectivity index (χ1n) is 5.44. The standard InChI is InChI=1S/C10H24NO3P/c1-7-13-15(12,14-8-2)10(9(3)4)11(5)6/h9-10H,7-8H2,1-6H3. The van der Waals surface area contributed by atoms with Gasteiger partial charge in [0, 0.05) is 0 Å². The summed E-state index contributed by atoms with van der Waals surface area (Å²) < 4.78 is 23.2. The Morgan fingerprint density at radius 1 is 1.13 bits per heavy atom. The second kappa shape index (κ2) is 6.64. The Morgan fingerprint density at radius 2 is 1.53 bits per heavy atom. The summed E-state index contributed by atoms with van der Waals surface area (Å²) in [5.41, 5.74) is 0. The van der Waals surface area contributed by atoms with Crippen LogP contribution < -0.4 is 0 Å². The summed E-state index contributed by atoms with van der Waals surface area (Å²) in [6.45, 7) is 8.53. The molecule has 0 amide bonds. The second-order valence-corrected chi connectivity index (χ2v) is 6.12. The molecule has 0 fully saturated rings. The zero-order valence-electron chi connectivity index (χ0n) is 10.7. The van der Waals surface area contributed by atoms with E-state index >= 15 is 0 Å². The SMILES string of the molecule is CCOP(=O)(OCC)C(C(C)C)N(C)C. The second-order valence-electron chi connectivity index (χ2n) is 4.00. The van der Waals surface area contributed by atoms with E-state index in [1.165, 1.54) is 0 Å². The molecule has 0 N–H and O–H groups in total. The predicted octanol–water partition coefficient (Wildman–Crippen LogP) is 2.80. The monoisotopic (exact) mass is 237 g/mol. The maximum atomic E-state index is 12.5. The van der Waals surface area contributed by atoms with E-state index in [0.717, 1.165) is 0 Å². The maximum Gasteiger partial charge on any atom is 0.347 e. The number of rotatable bonds is 7. The quantitative estimate of drug-likeness (QED) is 0.638. The van der Waals surface area contributed by atoms with E-state index in [1.807, 2.05) is 46.7 Å². The minimum Gasteiger partial charge on any atom is -0.308 e. The van der Waals surface area contributed by atoms with Gasteiger partial charge in [0.1, 0.15) is 5.78 Å². The number of nitrogens with zero attached hydrogens (tertiary/aromatic N) is 1. The van der Waals surface area contributed by atoms with Gasteiger partial charge in [0.2, 0.25) is 0 Å². The molecule has 0 radical (unpaired) electrons. The van der Waals surface area contributed by atoms with Crippen LogP contribution in [0.2, 0.25) is 0 Å². The van der Waals surface area contributed by atoms with Gasteiger partial charge in [0.05, 0.1) is 13.2 Å². The van der Waals surface area contributed by atoms with Gasteiger partial charge in [0.15, 0.2) is 0 Å². The molecule has 0 aliphatic rings. The van der Waals surface area contributed by atoms with Gasteiger partial charge in [-0.25, -0.2) is 0 Å². The van der Waals surface area contributed by atoms with Crippen molar-refractivity contribution in [1.82, 2.24) is 4.90 Å².